The maximum absolute atomic E-state index is 11.7. The van der Waals surface area contributed by atoms with E-state index in [-0.39, 0.29) is 12.6 Å². The predicted molar refractivity (Wildman–Crippen MR) is 61.8 cm³/mol. The topological polar surface area (TPSA) is 78.9 Å². The van der Waals surface area contributed by atoms with Crippen molar-refractivity contribution in [1.82, 2.24) is 10.2 Å². The Morgan fingerprint density at radius 3 is 2.71 bits per heavy atom. The molecule has 2 amide bonds. The van der Waals surface area contributed by atoms with Crippen LogP contribution in [0.1, 0.15) is 19.8 Å². The molecule has 1 atom stereocenters. The van der Waals surface area contributed by atoms with Gasteiger partial charge in [0.05, 0.1) is 12.0 Å². The van der Waals surface area contributed by atoms with Gasteiger partial charge in [0.2, 0.25) is 0 Å². The van der Waals surface area contributed by atoms with Gasteiger partial charge in [-0.1, -0.05) is 6.92 Å². The Labute approximate surface area is 101 Å². The Morgan fingerprint density at radius 1 is 1.53 bits per heavy atom. The minimum atomic E-state index is -0.813. The molecule has 0 aromatic carbocycles. The van der Waals surface area contributed by atoms with Crippen molar-refractivity contribution in [2.45, 2.75) is 19.8 Å². The van der Waals surface area contributed by atoms with Crippen LogP contribution in [0, 0.1) is 5.41 Å². The minimum Gasteiger partial charge on any atom is -0.481 e. The number of hydrogen-bond acceptors (Lipinski definition) is 3. The third-order valence-electron chi connectivity index (χ3n) is 3.35. The minimum absolute atomic E-state index is 0.210. The third kappa shape index (κ3) is 3.09. The quantitative estimate of drug-likeness (QED) is 0.691. The number of methoxy groups -OCH3 is 1. The van der Waals surface area contributed by atoms with Gasteiger partial charge in [0.1, 0.15) is 0 Å². The zero-order valence-electron chi connectivity index (χ0n) is 10.4. The summed E-state index contributed by atoms with van der Waals surface area (Å²) in [6.07, 6.45) is 1.07. The molecule has 0 aliphatic carbocycles. The molecule has 6 heteroatoms. The number of urea groups is 1. The number of hydrogen-bond donors (Lipinski definition) is 2. The number of carbonyl (C=O) groups is 2. The first-order chi connectivity index (χ1) is 8.05. The van der Waals surface area contributed by atoms with Crippen molar-refractivity contribution in [2.75, 3.05) is 33.4 Å². The van der Waals surface area contributed by atoms with Crippen LogP contribution >= 0.6 is 0 Å². The van der Waals surface area contributed by atoms with Crippen LogP contribution in [0.25, 0.3) is 0 Å². The zero-order valence-corrected chi connectivity index (χ0v) is 10.4. The SMILES string of the molecule is CCC1(C(=O)O)CCN(C(=O)NCCOC)C1. The molecular weight excluding hydrogens is 224 g/mol. The summed E-state index contributed by atoms with van der Waals surface area (Å²) in [6, 6.07) is -0.210. The molecule has 0 radical (unpaired) electrons. The molecule has 1 unspecified atom stereocenters. The van der Waals surface area contributed by atoms with Crippen molar-refractivity contribution in [1.29, 1.82) is 0 Å². The van der Waals surface area contributed by atoms with Gasteiger partial charge in [0, 0.05) is 26.7 Å². The number of carboxylic acids is 1. The lowest BCUT2D eigenvalue weighted by Crippen LogP contribution is -2.42. The van der Waals surface area contributed by atoms with Gasteiger partial charge >= 0.3 is 12.0 Å². The van der Waals surface area contributed by atoms with Crippen LogP contribution in [0.4, 0.5) is 4.79 Å². The molecule has 1 heterocycles. The number of rotatable bonds is 5. The number of carboxylic acid groups (broad SMARTS) is 1. The van der Waals surface area contributed by atoms with E-state index in [1.165, 1.54) is 0 Å². The number of aliphatic carboxylic acids is 1. The van der Waals surface area contributed by atoms with Gasteiger partial charge in [-0.2, -0.15) is 0 Å². The lowest BCUT2D eigenvalue weighted by atomic mass is 9.84. The summed E-state index contributed by atoms with van der Waals surface area (Å²) >= 11 is 0. The van der Waals surface area contributed by atoms with E-state index >= 15 is 0 Å². The highest BCUT2D eigenvalue weighted by Crippen LogP contribution is 2.34. The van der Waals surface area contributed by atoms with Crippen LogP contribution in [0.3, 0.4) is 0 Å². The van der Waals surface area contributed by atoms with Crippen LogP contribution < -0.4 is 5.32 Å². The number of ether oxygens (including phenoxy) is 1. The van der Waals surface area contributed by atoms with Crippen molar-refractivity contribution >= 4 is 12.0 Å². The molecule has 98 valence electrons. The fourth-order valence-electron chi connectivity index (χ4n) is 2.03. The van der Waals surface area contributed by atoms with Crippen LogP contribution in [0.2, 0.25) is 0 Å². The monoisotopic (exact) mass is 244 g/mol. The molecule has 6 nitrogen and oxygen atoms in total. The van der Waals surface area contributed by atoms with E-state index in [2.05, 4.69) is 5.32 Å². The molecule has 1 saturated heterocycles. The molecule has 0 aromatic heterocycles. The van der Waals surface area contributed by atoms with Gasteiger partial charge in [-0.3, -0.25) is 4.79 Å². The van der Waals surface area contributed by atoms with E-state index in [0.717, 1.165) is 0 Å². The summed E-state index contributed by atoms with van der Waals surface area (Å²) in [5.41, 5.74) is -0.765. The summed E-state index contributed by atoms with van der Waals surface area (Å²) in [5.74, 6) is -0.813. The van der Waals surface area contributed by atoms with Gasteiger partial charge in [-0.15, -0.1) is 0 Å². The molecule has 1 aliphatic rings. The maximum Gasteiger partial charge on any atom is 0.317 e. The lowest BCUT2D eigenvalue weighted by Gasteiger charge is -2.23. The number of nitrogens with one attached hydrogen (secondary N) is 1. The summed E-state index contributed by atoms with van der Waals surface area (Å²) in [7, 11) is 1.56. The van der Waals surface area contributed by atoms with E-state index in [1.54, 1.807) is 12.0 Å². The smallest absolute Gasteiger partial charge is 0.317 e. The Morgan fingerprint density at radius 2 is 2.24 bits per heavy atom. The second kappa shape index (κ2) is 5.86. The molecule has 1 fully saturated rings. The van der Waals surface area contributed by atoms with Crippen molar-refractivity contribution in [3.8, 4) is 0 Å². The van der Waals surface area contributed by atoms with Crippen molar-refractivity contribution in [3.05, 3.63) is 0 Å². The number of likely N-dealkylation sites (tertiary alicyclic amines) is 1. The average molecular weight is 244 g/mol. The van der Waals surface area contributed by atoms with Crippen molar-refractivity contribution < 1.29 is 19.4 Å². The Hall–Kier alpha value is -1.30. The molecule has 17 heavy (non-hydrogen) atoms. The predicted octanol–water partition coefficient (Wildman–Crippen LogP) is 0.529. The fourth-order valence-corrected chi connectivity index (χ4v) is 2.03. The molecular formula is C11H20N2O4. The third-order valence-corrected chi connectivity index (χ3v) is 3.35. The second-order valence-electron chi connectivity index (χ2n) is 4.34. The summed E-state index contributed by atoms with van der Waals surface area (Å²) in [5, 5.41) is 11.9. The average Bonchev–Trinajstić information content (AvgIpc) is 2.75. The number of nitrogens with zero attached hydrogens (tertiary/aromatic N) is 1. The van der Waals surface area contributed by atoms with E-state index in [4.69, 9.17) is 4.74 Å². The zero-order chi connectivity index (χ0) is 12.9. The number of amides is 2. The second-order valence-corrected chi connectivity index (χ2v) is 4.34. The Kier molecular flexibility index (Phi) is 4.74. The molecule has 0 bridgehead atoms. The fraction of sp³-hybridized carbons (Fsp3) is 0.818. The van der Waals surface area contributed by atoms with Crippen LogP contribution in [0.5, 0.6) is 0 Å². The first-order valence-corrected chi connectivity index (χ1v) is 5.81. The van der Waals surface area contributed by atoms with Crippen LogP contribution in [-0.2, 0) is 9.53 Å². The Balaban J connectivity index is 2.49. The summed E-state index contributed by atoms with van der Waals surface area (Å²) in [6.45, 7) is 3.53. The van der Waals surface area contributed by atoms with Crippen molar-refractivity contribution in [3.63, 3.8) is 0 Å². The lowest BCUT2D eigenvalue weighted by molar-refractivity contribution is -0.148. The van der Waals surface area contributed by atoms with Gasteiger partial charge in [-0.25, -0.2) is 4.79 Å². The number of carbonyl (C=O) groups excluding carboxylic acids is 1. The van der Waals surface area contributed by atoms with Gasteiger partial charge < -0.3 is 20.1 Å². The molecule has 0 spiro atoms. The first kappa shape index (κ1) is 13.8. The van der Waals surface area contributed by atoms with E-state index < -0.39 is 11.4 Å². The molecule has 1 aliphatic heterocycles. The summed E-state index contributed by atoms with van der Waals surface area (Å²) in [4.78, 5) is 24.5. The van der Waals surface area contributed by atoms with E-state index in [1.807, 2.05) is 6.92 Å². The largest absolute Gasteiger partial charge is 0.481 e. The molecule has 1 rings (SSSR count). The van der Waals surface area contributed by atoms with E-state index in [9.17, 15) is 14.7 Å². The highest BCUT2D eigenvalue weighted by Gasteiger charge is 2.44. The Bertz CT molecular complexity index is 295. The van der Waals surface area contributed by atoms with Crippen molar-refractivity contribution in [2.24, 2.45) is 5.41 Å². The van der Waals surface area contributed by atoms with Gasteiger partial charge in [0.25, 0.3) is 0 Å². The van der Waals surface area contributed by atoms with Gasteiger partial charge in [-0.05, 0) is 12.8 Å². The molecule has 0 aromatic rings. The van der Waals surface area contributed by atoms with Crippen LogP contribution in [0.15, 0.2) is 0 Å². The molecule has 2 N–H and O–H groups in total. The first-order valence-electron chi connectivity index (χ1n) is 5.81. The van der Waals surface area contributed by atoms with Gasteiger partial charge in [0.15, 0.2) is 0 Å². The highest BCUT2D eigenvalue weighted by molar-refractivity contribution is 5.79. The molecule has 0 saturated carbocycles. The standard InChI is InChI=1S/C11H20N2O4/c1-3-11(9(14)15)4-6-13(8-11)10(16)12-5-7-17-2/h3-8H2,1-2H3,(H,12,16)(H,14,15). The normalized spacial score (nSPS) is 23.8. The van der Waals surface area contributed by atoms with Crippen LogP contribution in [-0.4, -0.2) is 55.4 Å². The highest BCUT2D eigenvalue weighted by atomic mass is 16.5. The van der Waals surface area contributed by atoms with E-state index in [0.29, 0.717) is 32.5 Å². The summed E-state index contributed by atoms with van der Waals surface area (Å²) < 4.78 is 4.83. The maximum atomic E-state index is 11.7.